The minimum atomic E-state index is -1.09. The topological polar surface area (TPSA) is 365 Å². The van der Waals surface area contributed by atoms with Gasteiger partial charge in [0.15, 0.2) is 0 Å². The number of primary amides is 1. The smallest absolute Gasteiger partial charge is 0.411 e. The van der Waals surface area contributed by atoms with Gasteiger partial charge in [-0.25, -0.2) is 14.4 Å². The molecule has 2 fully saturated rings. The van der Waals surface area contributed by atoms with E-state index in [9.17, 15) is 57.5 Å². The summed E-state index contributed by atoms with van der Waals surface area (Å²) in [7, 11) is 7.78. The van der Waals surface area contributed by atoms with Gasteiger partial charge in [-0.05, 0) is 116 Å². The van der Waals surface area contributed by atoms with E-state index in [2.05, 4.69) is 37.2 Å². The second-order valence-corrected chi connectivity index (χ2v) is 29.8. The maximum absolute atomic E-state index is 14.9. The molecule has 0 spiro atoms. The van der Waals surface area contributed by atoms with E-state index in [1.165, 1.54) is 26.2 Å². The molecule has 12 atom stereocenters. The molecule has 3 aromatic carbocycles. The normalized spacial score (nSPS) is 17.3. The third kappa shape index (κ3) is 26.7. The molecule has 0 aromatic heterocycles. The van der Waals surface area contributed by atoms with Crippen LogP contribution >= 0.6 is 0 Å². The Morgan fingerprint density at radius 3 is 1.93 bits per heavy atom. The number of carbonyl (C=O) groups is 12. The first-order valence-corrected chi connectivity index (χ1v) is 37.7. The van der Waals surface area contributed by atoms with Gasteiger partial charge in [0.05, 0.1) is 49.8 Å². The van der Waals surface area contributed by atoms with Crippen molar-refractivity contribution in [1.29, 1.82) is 0 Å². The minimum absolute atomic E-state index is 0.0659. The number of hydrogen-bond acceptors (Lipinski definition) is 17. The SMILES string of the molecule is CC[C@H](C)[C@@H]([C@@H](CC(=O)N1CCC[C@H]1[C@H](OC)[C@@H](C)C(=O)N[C@@H](Cc1ccccc1)C(=O)OC)OC)N(C)C(=O)[C@@H](NC(=O)[C@H](C(C)C)N(C)Cc1cccc(NC(=O)OCc2ccc(NC(=O)[C@H](CCCNC(N)=O)NC(=O)[C@@H](NC(=O)CCCCCN3C(=O)CC(C(C)C)C3=O)C(C)C)cc2)c1)C(C)C. The summed E-state index contributed by atoms with van der Waals surface area (Å²) < 4.78 is 22.8. The summed E-state index contributed by atoms with van der Waals surface area (Å²) in [6, 6.07) is 16.4. The van der Waals surface area contributed by atoms with Gasteiger partial charge in [-0.15, -0.1) is 0 Å². The molecule has 12 amide bonds. The average Bonchev–Trinajstić information content (AvgIpc) is 1.67. The number of benzene rings is 3. The van der Waals surface area contributed by atoms with Gasteiger partial charge < -0.3 is 66.4 Å². The number of hydrogen-bond donors (Lipinski definition) is 8. The van der Waals surface area contributed by atoms with Gasteiger partial charge in [0, 0.05) is 84.0 Å². The van der Waals surface area contributed by atoms with Gasteiger partial charge in [-0.1, -0.05) is 144 Å². The van der Waals surface area contributed by atoms with Crippen molar-refractivity contribution in [3.63, 3.8) is 0 Å². The molecule has 28 nitrogen and oxygen atoms in total. The van der Waals surface area contributed by atoms with Crippen LogP contribution in [0.4, 0.5) is 21.0 Å². The Labute approximate surface area is 631 Å². The third-order valence-corrected chi connectivity index (χ3v) is 20.4. The van der Waals surface area contributed by atoms with Crippen molar-refractivity contribution in [3.05, 3.63) is 95.6 Å². The molecule has 5 rings (SSSR count). The number of likely N-dealkylation sites (tertiary alicyclic amines) is 2. The lowest BCUT2D eigenvalue weighted by Crippen LogP contribution is -2.60. The van der Waals surface area contributed by atoms with E-state index in [0.717, 1.165) is 11.1 Å². The Bertz CT molecular complexity index is 3450. The van der Waals surface area contributed by atoms with E-state index in [1.54, 1.807) is 80.1 Å². The molecule has 0 bridgehead atoms. The number of anilines is 2. The number of amides is 12. The highest BCUT2D eigenvalue weighted by Crippen LogP contribution is 2.31. The second kappa shape index (κ2) is 43.7. The fraction of sp³-hybridized carbons (Fsp3) is 0.620. The molecule has 0 radical (unpaired) electrons. The van der Waals surface area contributed by atoms with Crippen LogP contribution in [-0.2, 0) is 86.5 Å². The zero-order valence-corrected chi connectivity index (χ0v) is 65.7. The standard InChI is InChI=1S/C79H120N12O16/c1-17-51(10)69(62(104-14)44-65(94)90-40-26-32-61(90)70(105-15)52(11)71(95)85-60(77(101)106-16)42-53-27-20-18-21-28-53)89(13)76(100)67(49(6)7)87-74(98)68(50(8)9)88(12)45-55-29-24-30-57(41-55)83-79(103)107-46-54-34-36-56(37-35-54)82-72(96)59(31-25-38-81-78(80)102)84-73(97)66(48(4)5)86-63(92)33-22-19-23-39-91-64(93)43-58(47(2)3)75(91)99/h18,20-21,24,27-30,34-37,41,47-52,58-62,66-70H,17,19,22-23,25-26,31-33,38-40,42-46H2,1-16H3,(H,82,96)(H,83,103)(H,84,97)(H,85,95)(H,86,92)(H,87,98)(H3,80,81,102)/t51-,52+,58?,59-,60-,61-,62+,66-,67-,68-,69-,70+/m0/s1. The Kier molecular flexibility index (Phi) is 36.2. The van der Waals surface area contributed by atoms with Crippen molar-refractivity contribution in [2.75, 3.05) is 65.7 Å². The molecule has 2 saturated heterocycles. The van der Waals surface area contributed by atoms with Crippen LogP contribution in [0.2, 0.25) is 0 Å². The van der Waals surface area contributed by atoms with Gasteiger partial charge in [-0.3, -0.25) is 58.3 Å². The van der Waals surface area contributed by atoms with E-state index in [0.29, 0.717) is 62.0 Å². The number of nitrogens with two attached hydrogens (primary N) is 1. The fourth-order valence-corrected chi connectivity index (χ4v) is 14.2. The van der Waals surface area contributed by atoms with Crippen LogP contribution in [0.15, 0.2) is 78.9 Å². The summed E-state index contributed by atoms with van der Waals surface area (Å²) in [5.74, 6) is -5.90. The minimum Gasteiger partial charge on any atom is -0.467 e. The van der Waals surface area contributed by atoms with Crippen LogP contribution in [-0.4, -0.2) is 200 Å². The number of methoxy groups -OCH3 is 3. The quantitative estimate of drug-likeness (QED) is 0.0155. The second-order valence-electron chi connectivity index (χ2n) is 29.8. The number of carbonyl (C=O) groups excluding carboxylic acids is 12. The summed E-state index contributed by atoms with van der Waals surface area (Å²) in [4.78, 5) is 168. The van der Waals surface area contributed by atoms with Crippen molar-refractivity contribution >= 4 is 82.6 Å². The number of urea groups is 1. The van der Waals surface area contributed by atoms with Crippen molar-refractivity contribution in [1.82, 2.24) is 46.2 Å². The number of nitrogens with zero attached hydrogens (tertiary/aromatic N) is 4. The molecule has 2 aliphatic heterocycles. The maximum atomic E-state index is 14.9. The van der Waals surface area contributed by atoms with E-state index in [-0.39, 0.29) is 136 Å². The molecular formula is C79H120N12O16. The monoisotopic (exact) mass is 1490 g/mol. The van der Waals surface area contributed by atoms with Gasteiger partial charge in [0.2, 0.25) is 53.2 Å². The zero-order chi connectivity index (χ0) is 79.4. The highest BCUT2D eigenvalue weighted by atomic mass is 16.5. The number of imide groups is 1. The maximum Gasteiger partial charge on any atom is 0.411 e. The molecular weight excluding hydrogens is 1370 g/mol. The van der Waals surface area contributed by atoms with Crippen molar-refractivity contribution < 1.29 is 76.5 Å². The molecule has 107 heavy (non-hydrogen) atoms. The number of rotatable bonds is 43. The van der Waals surface area contributed by atoms with Crippen LogP contribution < -0.4 is 43.0 Å². The third-order valence-electron chi connectivity index (χ3n) is 20.4. The van der Waals surface area contributed by atoms with Crippen LogP contribution in [0.5, 0.6) is 0 Å². The lowest BCUT2D eigenvalue weighted by atomic mass is 9.89. The first kappa shape index (κ1) is 88.6. The number of ether oxygens (including phenoxy) is 4. The molecule has 28 heteroatoms. The Balaban J connectivity index is 1.15. The van der Waals surface area contributed by atoms with E-state index < -0.39 is 96.2 Å². The first-order chi connectivity index (χ1) is 50.7. The van der Waals surface area contributed by atoms with Gasteiger partial charge in [0.25, 0.3) is 0 Å². The molecule has 2 aliphatic rings. The summed E-state index contributed by atoms with van der Waals surface area (Å²) in [6.45, 7) is 21.6. The van der Waals surface area contributed by atoms with E-state index >= 15 is 0 Å². The van der Waals surface area contributed by atoms with Gasteiger partial charge >= 0.3 is 18.1 Å². The Hall–Kier alpha value is -9.02. The van der Waals surface area contributed by atoms with E-state index in [1.807, 2.05) is 104 Å². The summed E-state index contributed by atoms with van der Waals surface area (Å²) in [6.07, 6.45) is 2.06. The van der Waals surface area contributed by atoms with Crippen LogP contribution in [0.1, 0.15) is 163 Å². The molecule has 2 heterocycles. The largest absolute Gasteiger partial charge is 0.467 e. The van der Waals surface area contributed by atoms with E-state index in [4.69, 9.17) is 24.7 Å². The lowest BCUT2D eigenvalue weighted by molar-refractivity contribution is -0.149. The zero-order valence-electron chi connectivity index (χ0n) is 65.7. The van der Waals surface area contributed by atoms with Gasteiger partial charge in [-0.2, -0.15) is 0 Å². The Morgan fingerprint density at radius 2 is 1.33 bits per heavy atom. The summed E-state index contributed by atoms with van der Waals surface area (Å²) in [5.41, 5.74) is 8.25. The summed E-state index contributed by atoms with van der Waals surface area (Å²) in [5, 5.41) is 19.6. The van der Waals surface area contributed by atoms with Crippen LogP contribution in [0, 0.1) is 41.4 Å². The van der Waals surface area contributed by atoms with Gasteiger partial charge in [0.1, 0.15) is 30.8 Å². The fourth-order valence-electron chi connectivity index (χ4n) is 14.2. The Morgan fingerprint density at radius 1 is 0.664 bits per heavy atom. The predicted molar refractivity (Wildman–Crippen MR) is 406 cm³/mol. The van der Waals surface area contributed by atoms with Crippen LogP contribution in [0.25, 0.3) is 0 Å². The van der Waals surface area contributed by atoms with Crippen molar-refractivity contribution in [3.8, 4) is 0 Å². The summed E-state index contributed by atoms with van der Waals surface area (Å²) >= 11 is 0. The molecule has 3 aromatic rings. The highest BCUT2D eigenvalue weighted by Gasteiger charge is 2.45. The highest BCUT2D eigenvalue weighted by molar-refractivity contribution is 6.03. The molecule has 592 valence electrons. The van der Waals surface area contributed by atoms with Crippen LogP contribution in [0.3, 0.4) is 0 Å². The lowest BCUT2D eigenvalue weighted by Gasteiger charge is -2.41. The molecule has 0 aliphatic carbocycles. The van der Waals surface area contributed by atoms with Crippen molar-refractivity contribution in [2.45, 2.75) is 221 Å². The first-order valence-electron chi connectivity index (χ1n) is 37.7. The molecule has 0 saturated carbocycles. The number of esters is 1. The molecule has 9 N–H and O–H groups in total. The number of nitrogens with one attached hydrogen (secondary N) is 7. The predicted octanol–water partition coefficient (Wildman–Crippen LogP) is 7.46. The molecule has 1 unspecified atom stereocenters. The number of likely N-dealkylation sites (N-methyl/N-ethyl adjacent to an activating group) is 2. The average molecular weight is 1490 g/mol. The van der Waals surface area contributed by atoms with Crippen molar-refractivity contribution in [2.24, 2.45) is 47.2 Å². The number of unbranched alkanes of at least 4 members (excludes halogenated alkanes) is 2.